The average Bonchev–Trinajstić information content (AvgIpc) is 2.51. The molecule has 0 aromatic carbocycles. The molecule has 0 bridgehead atoms. The molecule has 0 aliphatic carbocycles. The van der Waals surface area contributed by atoms with Crippen LogP contribution >= 0.6 is 0 Å². The molecule has 1 saturated heterocycles. The van der Waals surface area contributed by atoms with Crippen LogP contribution in [0.4, 0.5) is 10.5 Å². The Hall–Kier alpha value is -2.31. The zero-order valence-corrected chi connectivity index (χ0v) is 14.4. The largest absolute Gasteiger partial charge is 0.477 e. The summed E-state index contributed by atoms with van der Waals surface area (Å²) < 4.78 is 5.26. The Balaban J connectivity index is 2.04. The normalized spacial score (nSPS) is 18.1. The molecule has 132 valence electrons. The second-order valence-electron chi connectivity index (χ2n) is 6.93. The first-order chi connectivity index (χ1) is 11.3. The van der Waals surface area contributed by atoms with E-state index in [9.17, 15) is 9.59 Å². The smallest absolute Gasteiger partial charge is 0.407 e. The van der Waals surface area contributed by atoms with Crippen LogP contribution in [0.5, 0.6) is 0 Å². The lowest BCUT2D eigenvalue weighted by Crippen LogP contribution is -2.47. The van der Waals surface area contributed by atoms with E-state index in [0.717, 1.165) is 31.5 Å². The summed E-state index contributed by atoms with van der Waals surface area (Å²) in [6.45, 7) is 6.75. The zero-order chi connectivity index (χ0) is 17.7. The third-order valence-electron chi connectivity index (χ3n) is 3.80. The number of hydrogen-bond acceptors (Lipinski definition) is 5. The van der Waals surface area contributed by atoms with Gasteiger partial charge in [-0.1, -0.05) is 0 Å². The summed E-state index contributed by atoms with van der Waals surface area (Å²) in [5.74, 6) is -1.04. The fraction of sp³-hybridized carbons (Fsp3) is 0.588. The van der Waals surface area contributed by atoms with Crippen molar-refractivity contribution in [3.05, 3.63) is 24.0 Å². The number of amides is 1. The van der Waals surface area contributed by atoms with E-state index in [1.54, 1.807) is 12.1 Å². The van der Waals surface area contributed by atoms with E-state index in [1.807, 2.05) is 20.8 Å². The van der Waals surface area contributed by atoms with E-state index in [4.69, 9.17) is 9.84 Å². The lowest BCUT2D eigenvalue weighted by molar-refractivity contribution is 0.0522. The monoisotopic (exact) mass is 335 g/mol. The number of piperidine rings is 1. The Morgan fingerprint density at radius 3 is 2.83 bits per heavy atom. The number of ether oxygens (including phenoxy) is 1. The van der Waals surface area contributed by atoms with Gasteiger partial charge >= 0.3 is 12.1 Å². The molecular weight excluding hydrogens is 310 g/mol. The Labute approximate surface area is 142 Å². The van der Waals surface area contributed by atoms with E-state index in [0.29, 0.717) is 6.54 Å². The molecule has 7 heteroatoms. The van der Waals surface area contributed by atoms with Crippen molar-refractivity contribution in [2.75, 3.05) is 18.0 Å². The highest BCUT2D eigenvalue weighted by atomic mass is 16.6. The van der Waals surface area contributed by atoms with Crippen molar-refractivity contribution in [2.24, 2.45) is 0 Å². The van der Waals surface area contributed by atoms with Crippen LogP contribution < -0.4 is 10.2 Å². The molecule has 1 atom stereocenters. The molecule has 1 aliphatic rings. The quantitative estimate of drug-likeness (QED) is 0.879. The maximum Gasteiger partial charge on any atom is 0.407 e. The van der Waals surface area contributed by atoms with Crippen molar-refractivity contribution in [3.8, 4) is 0 Å². The third-order valence-corrected chi connectivity index (χ3v) is 3.80. The summed E-state index contributed by atoms with van der Waals surface area (Å²) >= 11 is 0. The molecule has 1 fully saturated rings. The predicted octanol–water partition coefficient (Wildman–Crippen LogP) is 2.66. The van der Waals surface area contributed by atoms with Gasteiger partial charge in [-0.2, -0.15) is 0 Å². The van der Waals surface area contributed by atoms with Crippen LogP contribution in [0.25, 0.3) is 0 Å². The Morgan fingerprint density at radius 1 is 1.42 bits per heavy atom. The maximum absolute atomic E-state index is 11.8. The lowest BCUT2D eigenvalue weighted by atomic mass is 10.0. The van der Waals surface area contributed by atoms with Crippen molar-refractivity contribution in [3.63, 3.8) is 0 Å². The number of nitrogens with zero attached hydrogens (tertiary/aromatic N) is 2. The summed E-state index contributed by atoms with van der Waals surface area (Å²) in [6.07, 6.45) is 4.11. The molecule has 2 N–H and O–H groups in total. The van der Waals surface area contributed by atoms with Crippen LogP contribution in [-0.2, 0) is 4.74 Å². The molecule has 0 spiro atoms. The molecule has 2 rings (SSSR count). The van der Waals surface area contributed by atoms with Crippen LogP contribution in [0, 0.1) is 0 Å². The van der Waals surface area contributed by atoms with Gasteiger partial charge in [-0.15, -0.1) is 0 Å². The second-order valence-corrected chi connectivity index (χ2v) is 6.93. The highest BCUT2D eigenvalue weighted by Crippen LogP contribution is 2.24. The number of rotatable bonds is 4. The number of carbonyl (C=O) groups excluding carboxylic acids is 1. The van der Waals surface area contributed by atoms with E-state index in [2.05, 4.69) is 15.2 Å². The number of nitrogens with one attached hydrogen (secondary N) is 1. The topological polar surface area (TPSA) is 91.8 Å². The highest BCUT2D eigenvalue weighted by molar-refractivity contribution is 5.86. The van der Waals surface area contributed by atoms with Crippen molar-refractivity contribution >= 4 is 17.7 Å². The van der Waals surface area contributed by atoms with Crippen molar-refractivity contribution in [2.45, 2.75) is 51.7 Å². The molecule has 1 amide bonds. The molecule has 1 aromatic heterocycles. The van der Waals surface area contributed by atoms with Crippen LogP contribution in [0.2, 0.25) is 0 Å². The average molecular weight is 335 g/mol. The maximum atomic E-state index is 11.8. The summed E-state index contributed by atoms with van der Waals surface area (Å²) in [5, 5.41) is 11.9. The fourth-order valence-corrected chi connectivity index (χ4v) is 2.78. The summed E-state index contributed by atoms with van der Waals surface area (Å²) in [4.78, 5) is 29.0. The predicted molar refractivity (Wildman–Crippen MR) is 90.4 cm³/mol. The minimum Gasteiger partial charge on any atom is -0.477 e. The number of carbonyl (C=O) groups is 2. The first-order valence-electron chi connectivity index (χ1n) is 8.19. The van der Waals surface area contributed by atoms with Crippen molar-refractivity contribution in [1.29, 1.82) is 0 Å². The molecule has 7 nitrogen and oxygen atoms in total. The van der Waals surface area contributed by atoms with Crippen molar-refractivity contribution < 1.29 is 19.4 Å². The van der Waals surface area contributed by atoms with Gasteiger partial charge in [0.15, 0.2) is 0 Å². The first-order valence-corrected chi connectivity index (χ1v) is 8.19. The first kappa shape index (κ1) is 18.0. The number of carboxylic acids is 1. The summed E-state index contributed by atoms with van der Waals surface area (Å²) in [5.41, 5.74) is 0.313. The van der Waals surface area contributed by atoms with Crippen molar-refractivity contribution in [1.82, 2.24) is 10.3 Å². The second kappa shape index (κ2) is 7.51. The van der Waals surface area contributed by atoms with Crippen LogP contribution in [-0.4, -0.2) is 46.9 Å². The number of aromatic carboxylic acids is 1. The Bertz CT molecular complexity index is 598. The molecule has 1 unspecified atom stereocenters. The number of carboxylic acid groups (broad SMARTS) is 1. The van der Waals surface area contributed by atoms with Gasteiger partial charge in [0.1, 0.15) is 11.3 Å². The Kier molecular flexibility index (Phi) is 5.64. The zero-order valence-electron chi connectivity index (χ0n) is 14.4. The molecule has 24 heavy (non-hydrogen) atoms. The summed E-state index contributed by atoms with van der Waals surface area (Å²) in [6, 6.07) is 3.49. The van der Waals surface area contributed by atoms with Crippen LogP contribution in [0.3, 0.4) is 0 Å². The van der Waals surface area contributed by atoms with Gasteiger partial charge in [-0.25, -0.2) is 14.6 Å². The van der Waals surface area contributed by atoms with E-state index in [-0.39, 0.29) is 11.7 Å². The Morgan fingerprint density at radius 2 is 2.17 bits per heavy atom. The third kappa shape index (κ3) is 5.11. The standard InChI is InChI=1S/C17H25N3O4/c1-17(2,3)24-16(23)19-11-13-6-4-5-9-20(13)12-7-8-18-14(10-12)15(21)22/h7-8,10,13H,4-6,9,11H2,1-3H3,(H,19,23)(H,21,22). The van der Waals surface area contributed by atoms with Gasteiger partial charge in [0.2, 0.25) is 0 Å². The van der Waals surface area contributed by atoms with Gasteiger partial charge in [0.25, 0.3) is 0 Å². The molecule has 1 aliphatic heterocycles. The molecule has 0 radical (unpaired) electrons. The van der Waals surface area contributed by atoms with Crippen LogP contribution in [0.15, 0.2) is 18.3 Å². The highest BCUT2D eigenvalue weighted by Gasteiger charge is 2.25. The summed E-state index contributed by atoms with van der Waals surface area (Å²) in [7, 11) is 0. The lowest BCUT2D eigenvalue weighted by Gasteiger charge is -2.37. The van der Waals surface area contributed by atoms with E-state index in [1.165, 1.54) is 6.20 Å². The number of aromatic nitrogens is 1. The number of hydrogen-bond donors (Lipinski definition) is 2. The van der Waals surface area contributed by atoms with Crippen LogP contribution in [0.1, 0.15) is 50.5 Å². The molecule has 2 heterocycles. The molecular formula is C17H25N3O4. The molecule has 1 aromatic rings. The number of anilines is 1. The number of pyridine rings is 1. The number of alkyl carbamates (subject to hydrolysis) is 1. The minimum atomic E-state index is -1.04. The van der Waals surface area contributed by atoms with Gasteiger partial charge in [0.05, 0.1) is 0 Å². The van der Waals surface area contributed by atoms with Gasteiger partial charge < -0.3 is 20.1 Å². The van der Waals surface area contributed by atoms with Gasteiger partial charge in [0, 0.05) is 31.0 Å². The SMILES string of the molecule is CC(C)(C)OC(=O)NCC1CCCCN1c1ccnc(C(=O)O)c1. The fourth-order valence-electron chi connectivity index (χ4n) is 2.78. The van der Waals surface area contributed by atoms with E-state index < -0.39 is 17.7 Å². The van der Waals surface area contributed by atoms with Gasteiger partial charge in [-0.05, 0) is 52.2 Å². The van der Waals surface area contributed by atoms with E-state index >= 15 is 0 Å². The minimum absolute atomic E-state index is 0.0249. The van der Waals surface area contributed by atoms with Gasteiger partial charge in [-0.3, -0.25) is 0 Å². The molecule has 0 saturated carbocycles.